The number of carboxylic acids is 1. The monoisotopic (exact) mass is 272 g/mol. The molecule has 0 saturated carbocycles. The van der Waals surface area contributed by atoms with Gasteiger partial charge in [0.2, 0.25) is 0 Å². The van der Waals surface area contributed by atoms with Crippen LogP contribution in [0.2, 0.25) is 0 Å². The van der Waals surface area contributed by atoms with Gasteiger partial charge in [-0.2, -0.15) is 0 Å². The van der Waals surface area contributed by atoms with Gasteiger partial charge in [-0.3, -0.25) is 4.79 Å². The average molecular weight is 272 g/mol. The standard InChI is InChI=1S/C14H16N4O2/c1-17-9-15-16-13(17)8-18-7-10(6-14(19)20)11-4-2-3-5-12(11)18/h2-5,9-10H,6-8H2,1H3,(H,19,20). The lowest BCUT2D eigenvalue weighted by molar-refractivity contribution is -0.137. The number of hydrogen-bond donors (Lipinski definition) is 1. The second-order valence-electron chi connectivity index (χ2n) is 5.09. The normalized spacial score (nSPS) is 17.2. The zero-order valence-corrected chi connectivity index (χ0v) is 11.2. The smallest absolute Gasteiger partial charge is 0.304 e. The van der Waals surface area contributed by atoms with E-state index >= 15 is 0 Å². The van der Waals surface area contributed by atoms with E-state index in [9.17, 15) is 4.79 Å². The van der Waals surface area contributed by atoms with E-state index in [4.69, 9.17) is 5.11 Å². The van der Waals surface area contributed by atoms with Crippen molar-refractivity contribution in [2.24, 2.45) is 7.05 Å². The fourth-order valence-corrected chi connectivity index (χ4v) is 2.74. The Labute approximate surface area is 116 Å². The van der Waals surface area contributed by atoms with Crippen molar-refractivity contribution in [2.75, 3.05) is 11.4 Å². The van der Waals surface area contributed by atoms with Gasteiger partial charge in [0.05, 0.1) is 13.0 Å². The number of carboxylic acid groups (broad SMARTS) is 1. The highest BCUT2D eigenvalue weighted by Crippen LogP contribution is 2.38. The Bertz CT molecular complexity index is 638. The lowest BCUT2D eigenvalue weighted by atomic mass is 9.98. The molecule has 2 heterocycles. The van der Waals surface area contributed by atoms with Gasteiger partial charge in [-0.15, -0.1) is 10.2 Å². The summed E-state index contributed by atoms with van der Waals surface area (Å²) in [4.78, 5) is 13.2. The largest absolute Gasteiger partial charge is 0.481 e. The second-order valence-corrected chi connectivity index (χ2v) is 5.09. The molecule has 1 atom stereocenters. The molecule has 104 valence electrons. The molecule has 0 aliphatic carbocycles. The first-order valence-corrected chi connectivity index (χ1v) is 6.53. The highest BCUT2D eigenvalue weighted by atomic mass is 16.4. The summed E-state index contributed by atoms with van der Waals surface area (Å²) < 4.78 is 1.88. The molecule has 1 aliphatic rings. The molecule has 0 bridgehead atoms. The summed E-state index contributed by atoms with van der Waals surface area (Å²) in [6.45, 7) is 1.35. The number of aliphatic carboxylic acids is 1. The van der Waals surface area contributed by atoms with Gasteiger partial charge in [0.15, 0.2) is 5.82 Å². The first-order chi connectivity index (χ1) is 9.65. The van der Waals surface area contributed by atoms with Crippen LogP contribution in [0.15, 0.2) is 30.6 Å². The van der Waals surface area contributed by atoms with Crippen LogP contribution in [0.3, 0.4) is 0 Å². The van der Waals surface area contributed by atoms with E-state index < -0.39 is 5.97 Å². The summed E-state index contributed by atoms with van der Waals surface area (Å²) in [5.74, 6) is 0.151. The summed E-state index contributed by atoms with van der Waals surface area (Å²) in [6.07, 6.45) is 1.83. The van der Waals surface area contributed by atoms with Gasteiger partial charge in [-0.1, -0.05) is 18.2 Å². The van der Waals surface area contributed by atoms with E-state index in [-0.39, 0.29) is 12.3 Å². The molecular weight excluding hydrogens is 256 g/mol. The van der Waals surface area contributed by atoms with Gasteiger partial charge in [-0.05, 0) is 11.6 Å². The van der Waals surface area contributed by atoms with Crippen molar-refractivity contribution in [3.8, 4) is 0 Å². The molecule has 3 rings (SSSR count). The first-order valence-electron chi connectivity index (χ1n) is 6.53. The number of carbonyl (C=O) groups is 1. The number of anilines is 1. The maximum Gasteiger partial charge on any atom is 0.304 e. The Morgan fingerprint density at radius 1 is 1.45 bits per heavy atom. The van der Waals surface area contributed by atoms with Crippen LogP contribution in [-0.2, 0) is 18.4 Å². The van der Waals surface area contributed by atoms with Gasteiger partial charge in [0.25, 0.3) is 0 Å². The molecule has 2 aromatic rings. The molecule has 0 amide bonds. The number of nitrogens with zero attached hydrogens (tertiary/aromatic N) is 4. The molecule has 1 aromatic heterocycles. The quantitative estimate of drug-likeness (QED) is 0.910. The highest BCUT2D eigenvalue weighted by molar-refractivity contribution is 5.71. The summed E-state index contributed by atoms with van der Waals surface area (Å²) in [5, 5.41) is 17.0. The molecule has 1 aromatic carbocycles. The Kier molecular flexibility index (Phi) is 3.14. The number of benzene rings is 1. The molecule has 0 radical (unpaired) electrons. The van der Waals surface area contributed by atoms with Crippen LogP contribution in [-0.4, -0.2) is 32.4 Å². The number of para-hydroxylation sites is 1. The molecular formula is C14H16N4O2. The van der Waals surface area contributed by atoms with Crippen molar-refractivity contribution < 1.29 is 9.90 Å². The molecule has 6 heteroatoms. The van der Waals surface area contributed by atoms with Crippen molar-refractivity contribution in [3.63, 3.8) is 0 Å². The molecule has 1 unspecified atom stereocenters. The maximum atomic E-state index is 11.0. The van der Waals surface area contributed by atoms with E-state index in [1.807, 2.05) is 35.9 Å². The Hall–Kier alpha value is -2.37. The Morgan fingerprint density at radius 2 is 2.25 bits per heavy atom. The summed E-state index contributed by atoms with van der Waals surface area (Å²) in [6, 6.07) is 7.98. The van der Waals surface area contributed by atoms with Crippen LogP contribution >= 0.6 is 0 Å². The number of aryl methyl sites for hydroxylation is 1. The van der Waals surface area contributed by atoms with Gasteiger partial charge in [-0.25, -0.2) is 0 Å². The second kappa shape index (κ2) is 4.96. The molecule has 0 fully saturated rings. The SMILES string of the molecule is Cn1cnnc1CN1CC(CC(=O)O)c2ccccc21. The van der Waals surface area contributed by atoms with Crippen molar-refractivity contribution in [1.29, 1.82) is 0 Å². The maximum absolute atomic E-state index is 11.0. The number of fused-ring (bicyclic) bond motifs is 1. The molecule has 0 saturated heterocycles. The van der Waals surface area contributed by atoms with Gasteiger partial charge >= 0.3 is 5.97 Å². The lowest BCUT2D eigenvalue weighted by Gasteiger charge is -2.18. The van der Waals surface area contributed by atoms with E-state index in [1.165, 1.54) is 0 Å². The third-order valence-electron chi connectivity index (χ3n) is 3.72. The topological polar surface area (TPSA) is 71.2 Å². The molecule has 1 N–H and O–H groups in total. The van der Waals surface area contributed by atoms with E-state index in [2.05, 4.69) is 15.1 Å². The number of aromatic nitrogens is 3. The van der Waals surface area contributed by atoms with Gasteiger partial charge < -0.3 is 14.6 Å². The Morgan fingerprint density at radius 3 is 2.95 bits per heavy atom. The van der Waals surface area contributed by atoms with E-state index in [0.717, 1.165) is 17.1 Å². The van der Waals surface area contributed by atoms with Crippen LogP contribution in [0.4, 0.5) is 5.69 Å². The van der Waals surface area contributed by atoms with Crippen molar-refractivity contribution in [3.05, 3.63) is 42.0 Å². The first kappa shape index (κ1) is 12.7. The minimum atomic E-state index is -0.759. The summed E-state index contributed by atoms with van der Waals surface area (Å²) in [7, 11) is 1.91. The van der Waals surface area contributed by atoms with Crippen LogP contribution in [0.5, 0.6) is 0 Å². The van der Waals surface area contributed by atoms with E-state index in [0.29, 0.717) is 13.1 Å². The van der Waals surface area contributed by atoms with Crippen LogP contribution < -0.4 is 4.90 Å². The van der Waals surface area contributed by atoms with Gasteiger partial charge in [0.1, 0.15) is 6.33 Å². The van der Waals surface area contributed by atoms with Crippen LogP contribution in [0.25, 0.3) is 0 Å². The number of hydrogen-bond acceptors (Lipinski definition) is 4. The van der Waals surface area contributed by atoms with Crippen molar-refractivity contribution >= 4 is 11.7 Å². The van der Waals surface area contributed by atoms with Crippen molar-refractivity contribution in [1.82, 2.24) is 14.8 Å². The van der Waals surface area contributed by atoms with E-state index in [1.54, 1.807) is 6.33 Å². The third-order valence-corrected chi connectivity index (χ3v) is 3.72. The molecule has 6 nitrogen and oxygen atoms in total. The summed E-state index contributed by atoms with van der Waals surface area (Å²) in [5.41, 5.74) is 2.21. The van der Waals surface area contributed by atoms with Crippen molar-refractivity contribution in [2.45, 2.75) is 18.9 Å². The predicted octanol–water partition coefficient (Wildman–Crippen LogP) is 1.39. The lowest BCUT2D eigenvalue weighted by Crippen LogP contribution is -2.23. The zero-order valence-electron chi connectivity index (χ0n) is 11.2. The average Bonchev–Trinajstić information content (AvgIpc) is 2.96. The zero-order chi connectivity index (χ0) is 14.1. The molecule has 20 heavy (non-hydrogen) atoms. The third kappa shape index (κ3) is 2.24. The van der Waals surface area contributed by atoms with Crippen LogP contribution in [0.1, 0.15) is 23.7 Å². The minimum Gasteiger partial charge on any atom is -0.481 e. The Balaban J connectivity index is 1.87. The fourth-order valence-electron chi connectivity index (χ4n) is 2.74. The summed E-state index contributed by atoms with van der Waals surface area (Å²) >= 11 is 0. The van der Waals surface area contributed by atoms with Gasteiger partial charge in [0, 0.05) is 25.2 Å². The fraction of sp³-hybridized carbons (Fsp3) is 0.357. The molecule has 1 aliphatic heterocycles. The van der Waals surface area contributed by atoms with Crippen LogP contribution in [0, 0.1) is 0 Å². The highest BCUT2D eigenvalue weighted by Gasteiger charge is 2.30. The molecule has 0 spiro atoms. The number of rotatable bonds is 4. The minimum absolute atomic E-state index is 0.0388. The predicted molar refractivity (Wildman–Crippen MR) is 73.5 cm³/mol.